The number of amides is 1. The molecule has 1 aromatic heterocycles. The zero-order valence-electron chi connectivity index (χ0n) is 11.8. The molecule has 3 heterocycles. The van der Waals surface area contributed by atoms with Crippen molar-refractivity contribution >= 4 is 5.91 Å². The van der Waals surface area contributed by atoms with Crippen molar-refractivity contribution in [3.63, 3.8) is 0 Å². The molecule has 1 unspecified atom stereocenters. The Hall–Kier alpha value is -1.46. The van der Waals surface area contributed by atoms with Gasteiger partial charge in [0.25, 0.3) is 5.91 Å². The number of carbonyl (C=O) groups is 1. The van der Waals surface area contributed by atoms with E-state index in [1.165, 1.54) is 25.8 Å². The predicted octanol–water partition coefficient (Wildman–Crippen LogP) is 0.851. The van der Waals surface area contributed by atoms with Gasteiger partial charge in [0.2, 0.25) is 0 Å². The molecule has 20 heavy (non-hydrogen) atoms. The lowest BCUT2D eigenvalue weighted by molar-refractivity contribution is 0.0455. The molecule has 2 aliphatic heterocycles. The van der Waals surface area contributed by atoms with Crippen molar-refractivity contribution in [2.75, 3.05) is 26.2 Å². The summed E-state index contributed by atoms with van der Waals surface area (Å²) in [5.74, 6) is -0.433. The molecule has 0 bridgehead atoms. The average molecular weight is 274 g/mol. The first kappa shape index (κ1) is 13.5. The molecule has 0 spiro atoms. The Labute approximate surface area is 119 Å². The summed E-state index contributed by atoms with van der Waals surface area (Å²) in [5.41, 5.74) is 6.76. The lowest BCUT2D eigenvalue weighted by Crippen LogP contribution is -2.54. The fourth-order valence-corrected chi connectivity index (χ4v) is 3.39. The summed E-state index contributed by atoms with van der Waals surface area (Å²) in [7, 11) is 0. The van der Waals surface area contributed by atoms with Gasteiger partial charge in [-0.25, -0.2) is 0 Å². The lowest BCUT2D eigenvalue weighted by Gasteiger charge is -2.44. The molecule has 1 aromatic rings. The molecule has 0 saturated carbocycles. The molecule has 5 heteroatoms. The molecule has 1 atom stereocenters. The van der Waals surface area contributed by atoms with Crippen molar-refractivity contribution < 1.29 is 4.79 Å². The van der Waals surface area contributed by atoms with Crippen LogP contribution in [-0.2, 0) is 6.54 Å². The Bertz CT molecular complexity index is 491. The van der Waals surface area contributed by atoms with Gasteiger partial charge in [0.1, 0.15) is 5.69 Å². The van der Waals surface area contributed by atoms with Crippen LogP contribution in [-0.4, -0.2) is 52.9 Å². The standard InChI is InChI=1S/C15H22N4O/c16-15(20)14-12(4-3-6-17-14)10-18-8-9-19-7-2-1-5-13(19)11-18/h3-4,6,13H,1-2,5,7-11H2,(H2,16,20). The maximum Gasteiger partial charge on any atom is 0.267 e. The third-order valence-corrected chi connectivity index (χ3v) is 4.44. The number of pyridine rings is 1. The molecule has 0 radical (unpaired) electrons. The number of fused-ring (bicyclic) bond motifs is 1. The topological polar surface area (TPSA) is 62.5 Å². The summed E-state index contributed by atoms with van der Waals surface area (Å²) < 4.78 is 0. The van der Waals surface area contributed by atoms with E-state index in [-0.39, 0.29) is 0 Å². The highest BCUT2D eigenvalue weighted by molar-refractivity contribution is 5.92. The van der Waals surface area contributed by atoms with Crippen molar-refractivity contribution in [3.05, 3.63) is 29.6 Å². The number of hydrogen-bond acceptors (Lipinski definition) is 4. The van der Waals surface area contributed by atoms with Gasteiger partial charge < -0.3 is 5.73 Å². The van der Waals surface area contributed by atoms with E-state index in [0.29, 0.717) is 11.7 Å². The van der Waals surface area contributed by atoms with Crippen LogP contribution in [0.25, 0.3) is 0 Å². The summed E-state index contributed by atoms with van der Waals surface area (Å²) in [6.07, 6.45) is 5.61. The molecule has 0 aliphatic carbocycles. The maximum atomic E-state index is 11.4. The van der Waals surface area contributed by atoms with Crippen molar-refractivity contribution in [2.24, 2.45) is 5.73 Å². The van der Waals surface area contributed by atoms with Crippen LogP contribution in [0.2, 0.25) is 0 Å². The lowest BCUT2D eigenvalue weighted by atomic mass is 9.99. The van der Waals surface area contributed by atoms with Crippen molar-refractivity contribution in [1.82, 2.24) is 14.8 Å². The number of nitrogens with two attached hydrogens (primary N) is 1. The fraction of sp³-hybridized carbons (Fsp3) is 0.600. The summed E-state index contributed by atoms with van der Waals surface area (Å²) >= 11 is 0. The molecule has 2 saturated heterocycles. The molecule has 108 valence electrons. The second kappa shape index (κ2) is 5.89. The number of aromatic nitrogens is 1. The Balaban J connectivity index is 1.68. The van der Waals surface area contributed by atoms with Crippen molar-refractivity contribution in [3.8, 4) is 0 Å². The van der Waals surface area contributed by atoms with Crippen LogP contribution in [0.1, 0.15) is 35.3 Å². The van der Waals surface area contributed by atoms with Gasteiger partial charge in [0, 0.05) is 38.4 Å². The molecule has 3 rings (SSSR count). The third kappa shape index (κ3) is 2.83. The van der Waals surface area contributed by atoms with Crippen LogP contribution in [0.15, 0.2) is 18.3 Å². The number of piperidine rings is 1. The zero-order chi connectivity index (χ0) is 13.9. The van der Waals surface area contributed by atoms with Gasteiger partial charge in [-0.3, -0.25) is 19.6 Å². The SMILES string of the molecule is NC(=O)c1ncccc1CN1CCN2CCCCC2C1. The van der Waals surface area contributed by atoms with E-state index < -0.39 is 5.91 Å². The number of piperazine rings is 1. The van der Waals surface area contributed by atoms with E-state index in [2.05, 4.69) is 14.8 Å². The van der Waals surface area contributed by atoms with E-state index in [9.17, 15) is 4.79 Å². The Morgan fingerprint density at radius 3 is 3.10 bits per heavy atom. The van der Waals surface area contributed by atoms with Crippen LogP contribution in [0.3, 0.4) is 0 Å². The number of nitrogens with zero attached hydrogens (tertiary/aromatic N) is 3. The minimum absolute atomic E-state index is 0.415. The van der Waals surface area contributed by atoms with E-state index >= 15 is 0 Å². The van der Waals surface area contributed by atoms with E-state index in [1.807, 2.05) is 12.1 Å². The molecule has 2 fully saturated rings. The van der Waals surface area contributed by atoms with Crippen LogP contribution >= 0.6 is 0 Å². The normalized spacial score (nSPS) is 24.3. The largest absolute Gasteiger partial charge is 0.364 e. The van der Waals surface area contributed by atoms with Gasteiger partial charge in [-0.2, -0.15) is 0 Å². The minimum atomic E-state index is -0.433. The number of hydrogen-bond donors (Lipinski definition) is 1. The van der Waals surface area contributed by atoms with E-state index in [1.54, 1.807) is 6.20 Å². The van der Waals surface area contributed by atoms with Crippen LogP contribution < -0.4 is 5.73 Å². The smallest absolute Gasteiger partial charge is 0.267 e. The van der Waals surface area contributed by atoms with Gasteiger partial charge >= 0.3 is 0 Å². The van der Waals surface area contributed by atoms with Crippen molar-refractivity contribution in [1.29, 1.82) is 0 Å². The Morgan fingerprint density at radius 1 is 1.35 bits per heavy atom. The molecular formula is C15H22N4O. The molecule has 1 amide bonds. The fourth-order valence-electron chi connectivity index (χ4n) is 3.39. The first-order valence-corrected chi connectivity index (χ1v) is 7.44. The van der Waals surface area contributed by atoms with E-state index in [4.69, 9.17) is 5.73 Å². The summed E-state index contributed by atoms with van der Waals surface area (Å²) in [5, 5.41) is 0. The van der Waals surface area contributed by atoms with Gasteiger partial charge in [-0.15, -0.1) is 0 Å². The second-order valence-electron chi connectivity index (χ2n) is 5.80. The molecule has 0 aromatic carbocycles. The van der Waals surface area contributed by atoms with Crippen LogP contribution in [0.5, 0.6) is 0 Å². The maximum absolute atomic E-state index is 11.4. The van der Waals surface area contributed by atoms with E-state index in [0.717, 1.165) is 31.7 Å². The average Bonchev–Trinajstić information content (AvgIpc) is 2.47. The highest BCUT2D eigenvalue weighted by atomic mass is 16.1. The van der Waals surface area contributed by atoms with Gasteiger partial charge in [0.15, 0.2) is 0 Å². The first-order valence-electron chi connectivity index (χ1n) is 7.44. The number of carbonyl (C=O) groups excluding carboxylic acids is 1. The zero-order valence-corrected chi connectivity index (χ0v) is 11.8. The highest BCUT2D eigenvalue weighted by Gasteiger charge is 2.29. The Kier molecular flexibility index (Phi) is 3.98. The predicted molar refractivity (Wildman–Crippen MR) is 77.2 cm³/mol. The first-order chi connectivity index (χ1) is 9.74. The Morgan fingerprint density at radius 2 is 2.25 bits per heavy atom. The van der Waals surface area contributed by atoms with Gasteiger partial charge in [0.05, 0.1) is 0 Å². The minimum Gasteiger partial charge on any atom is -0.364 e. The third-order valence-electron chi connectivity index (χ3n) is 4.44. The second-order valence-corrected chi connectivity index (χ2v) is 5.80. The monoisotopic (exact) mass is 274 g/mol. The van der Waals surface area contributed by atoms with Crippen LogP contribution in [0, 0.1) is 0 Å². The molecule has 2 aliphatic rings. The molecular weight excluding hydrogens is 252 g/mol. The highest BCUT2D eigenvalue weighted by Crippen LogP contribution is 2.22. The van der Waals surface area contributed by atoms with Crippen LogP contribution in [0.4, 0.5) is 0 Å². The van der Waals surface area contributed by atoms with Gasteiger partial charge in [-0.1, -0.05) is 12.5 Å². The summed E-state index contributed by atoms with van der Waals surface area (Å²) in [6, 6.07) is 4.52. The quantitative estimate of drug-likeness (QED) is 0.887. The number of rotatable bonds is 3. The van der Waals surface area contributed by atoms with Gasteiger partial charge in [-0.05, 0) is 31.0 Å². The summed E-state index contributed by atoms with van der Waals surface area (Å²) in [6.45, 7) is 5.31. The van der Waals surface area contributed by atoms with Crippen molar-refractivity contribution in [2.45, 2.75) is 31.8 Å². The summed E-state index contributed by atoms with van der Waals surface area (Å²) in [4.78, 5) is 20.6. The molecule has 2 N–H and O–H groups in total. The molecule has 5 nitrogen and oxygen atoms in total. The number of primary amides is 1.